The third kappa shape index (κ3) is 3.09. The highest BCUT2D eigenvalue weighted by Crippen LogP contribution is 2.40. The number of nitrogens with zero attached hydrogens (tertiary/aromatic N) is 2. The average molecular weight is 349 g/mol. The van der Waals surface area contributed by atoms with Crippen molar-refractivity contribution in [3.63, 3.8) is 0 Å². The van der Waals surface area contributed by atoms with E-state index < -0.39 is 35.2 Å². The molecule has 0 aliphatic carbocycles. The Morgan fingerprint density at radius 3 is 2.84 bits per heavy atom. The first-order chi connectivity index (χ1) is 11.6. The number of ether oxygens (including phenoxy) is 2. The van der Waals surface area contributed by atoms with Crippen molar-refractivity contribution in [1.82, 2.24) is 9.88 Å². The molecule has 1 aromatic rings. The van der Waals surface area contributed by atoms with E-state index in [1.807, 2.05) is 0 Å². The van der Waals surface area contributed by atoms with E-state index in [0.29, 0.717) is 11.4 Å². The van der Waals surface area contributed by atoms with Gasteiger partial charge in [0.2, 0.25) is 5.60 Å². The highest BCUT2D eigenvalue weighted by molar-refractivity contribution is 6.02. The summed E-state index contributed by atoms with van der Waals surface area (Å²) in [6, 6.07) is 0.353. The van der Waals surface area contributed by atoms with Gasteiger partial charge in [-0.3, -0.25) is 14.7 Å². The largest absolute Gasteiger partial charge is 0.480 e. The van der Waals surface area contributed by atoms with Gasteiger partial charge in [-0.25, -0.2) is 9.59 Å². The maximum Gasteiger partial charge on any atom is 0.411 e. The van der Waals surface area contributed by atoms with Gasteiger partial charge in [-0.15, -0.1) is 0 Å². The SMILES string of the molecule is CC(C)(C)OC(=O)N1CC2(C[C@H]1C(=O)O)Oc1ccncc1NC2=O. The zero-order valence-electron chi connectivity index (χ0n) is 14.1. The Balaban J connectivity index is 1.91. The molecular formula is C16H19N3O6. The fourth-order valence-electron chi connectivity index (χ4n) is 2.90. The molecule has 25 heavy (non-hydrogen) atoms. The number of aliphatic carboxylic acids is 1. The van der Waals surface area contributed by atoms with Crippen molar-refractivity contribution in [3.05, 3.63) is 18.5 Å². The van der Waals surface area contributed by atoms with Gasteiger partial charge < -0.3 is 19.9 Å². The van der Waals surface area contributed by atoms with Crippen molar-refractivity contribution in [3.8, 4) is 5.75 Å². The predicted molar refractivity (Wildman–Crippen MR) is 85.2 cm³/mol. The molecule has 2 aliphatic rings. The number of fused-ring (bicyclic) bond motifs is 1. The van der Waals surface area contributed by atoms with Crippen LogP contribution in [0.1, 0.15) is 27.2 Å². The Morgan fingerprint density at radius 1 is 1.48 bits per heavy atom. The van der Waals surface area contributed by atoms with Crippen LogP contribution in [0.4, 0.5) is 10.5 Å². The molecule has 9 heteroatoms. The van der Waals surface area contributed by atoms with Crippen molar-refractivity contribution >= 4 is 23.7 Å². The van der Waals surface area contributed by atoms with Crippen LogP contribution in [0.5, 0.6) is 5.75 Å². The van der Waals surface area contributed by atoms with Crippen LogP contribution >= 0.6 is 0 Å². The first-order valence-corrected chi connectivity index (χ1v) is 7.78. The molecule has 3 rings (SSSR count). The van der Waals surface area contributed by atoms with Gasteiger partial charge in [0.15, 0.2) is 0 Å². The van der Waals surface area contributed by atoms with Crippen molar-refractivity contribution in [2.45, 2.75) is 44.4 Å². The summed E-state index contributed by atoms with van der Waals surface area (Å²) in [5.41, 5.74) is -1.86. The summed E-state index contributed by atoms with van der Waals surface area (Å²) in [5.74, 6) is -1.35. The number of pyridine rings is 1. The van der Waals surface area contributed by atoms with Crippen molar-refractivity contribution in [2.24, 2.45) is 0 Å². The third-order valence-corrected chi connectivity index (χ3v) is 3.99. The molecule has 3 heterocycles. The van der Waals surface area contributed by atoms with Gasteiger partial charge in [0.1, 0.15) is 23.1 Å². The number of anilines is 1. The third-order valence-electron chi connectivity index (χ3n) is 3.99. The zero-order chi connectivity index (χ0) is 18.4. The van der Waals surface area contributed by atoms with E-state index in [2.05, 4.69) is 10.3 Å². The van der Waals surface area contributed by atoms with Crippen LogP contribution in [0.2, 0.25) is 0 Å². The highest BCUT2D eigenvalue weighted by atomic mass is 16.6. The summed E-state index contributed by atoms with van der Waals surface area (Å²) in [6.07, 6.45) is 1.97. The Kier molecular flexibility index (Phi) is 3.81. The summed E-state index contributed by atoms with van der Waals surface area (Å²) in [6.45, 7) is 4.82. The molecule has 1 unspecified atom stereocenters. The molecule has 0 bridgehead atoms. The molecule has 1 fully saturated rings. The minimum absolute atomic E-state index is 0.171. The van der Waals surface area contributed by atoms with E-state index >= 15 is 0 Å². The van der Waals surface area contributed by atoms with E-state index in [4.69, 9.17) is 9.47 Å². The van der Waals surface area contributed by atoms with Gasteiger partial charge in [0.05, 0.1) is 12.7 Å². The van der Waals surface area contributed by atoms with Crippen molar-refractivity contribution in [1.29, 1.82) is 0 Å². The minimum Gasteiger partial charge on any atom is -0.480 e. The topological polar surface area (TPSA) is 118 Å². The van der Waals surface area contributed by atoms with E-state index in [1.165, 1.54) is 12.4 Å². The maximum atomic E-state index is 12.6. The number of amides is 2. The number of carboxylic acids is 1. The Labute approximate surface area is 143 Å². The Hall–Kier alpha value is -2.84. The second-order valence-electron chi connectivity index (χ2n) is 7.09. The molecule has 1 spiro atoms. The molecule has 2 atom stereocenters. The van der Waals surface area contributed by atoms with Gasteiger partial charge >= 0.3 is 12.1 Å². The monoisotopic (exact) mass is 349 g/mol. The number of carboxylic acid groups (broad SMARTS) is 1. The number of nitrogens with one attached hydrogen (secondary N) is 1. The van der Waals surface area contributed by atoms with Crippen LogP contribution in [-0.4, -0.2) is 56.7 Å². The fraction of sp³-hybridized carbons (Fsp3) is 0.500. The summed E-state index contributed by atoms with van der Waals surface area (Å²) in [4.78, 5) is 41.5. The van der Waals surface area contributed by atoms with E-state index in [1.54, 1.807) is 26.8 Å². The summed E-state index contributed by atoms with van der Waals surface area (Å²) in [5, 5.41) is 12.1. The van der Waals surface area contributed by atoms with Crippen molar-refractivity contribution < 1.29 is 29.0 Å². The van der Waals surface area contributed by atoms with Crippen LogP contribution in [-0.2, 0) is 14.3 Å². The molecule has 0 radical (unpaired) electrons. The van der Waals surface area contributed by atoms with Gasteiger partial charge in [0, 0.05) is 18.7 Å². The average Bonchev–Trinajstić information content (AvgIpc) is 2.88. The number of carbonyl (C=O) groups is 3. The molecule has 2 aliphatic heterocycles. The lowest BCUT2D eigenvalue weighted by molar-refractivity contribution is -0.142. The van der Waals surface area contributed by atoms with Crippen LogP contribution < -0.4 is 10.1 Å². The lowest BCUT2D eigenvalue weighted by Crippen LogP contribution is -2.53. The van der Waals surface area contributed by atoms with Gasteiger partial charge in [0.25, 0.3) is 5.91 Å². The van der Waals surface area contributed by atoms with Crippen LogP contribution in [0.25, 0.3) is 0 Å². The van der Waals surface area contributed by atoms with Gasteiger partial charge in [-0.1, -0.05) is 0 Å². The second-order valence-corrected chi connectivity index (χ2v) is 7.09. The number of hydrogen-bond donors (Lipinski definition) is 2. The number of rotatable bonds is 1. The van der Waals surface area contributed by atoms with Crippen molar-refractivity contribution in [2.75, 3.05) is 11.9 Å². The Morgan fingerprint density at radius 2 is 2.20 bits per heavy atom. The van der Waals surface area contributed by atoms with Gasteiger partial charge in [-0.05, 0) is 20.8 Å². The van der Waals surface area contributed by atoms with E-state index in [0.717, 1.165) is 4.90 Å². The number of likely N-dealkylation sites (tertiary alicyclic amines) is 1. The smallest absolute Gasteiger partial charge is 0.411 e. The first-order valence-electron chi connectivity index (χ1n) is 7.78. The standard InChI is InChI=1S/C16H19N3O6/c1-15(2,3)25-14(23)19-8-16(6-10(19)12(20)21)13(22)18-9-7-17-5-4-11(9)24-16/h4-5,7,10H,6,8H2,1-3H3,(H,18,22)(H,20,21)/t10-,16?/m0/s1. The maximum absolute atomic E-state index is 12.6. The second kappa shape index (κ2) is 5.61. The first kappa shape index (κ1) is 17.0. The number of hydrogen-bond acceptors (Lipinski definition) is 6. The number of carbonyl (C=O) groups excluding carboxylic acids is 2. The molecule has 1 saturated heterocycles. The minimum atomic E-state index is -1.48. The molecular weight excluding hydrogens is 330 g/mol. The lowest BCUT2D eigenvalue weighted by atomic mass is 9.97. The molecule has 0 aromatic carbocycles. The fourth-order valence-corrected chi connectivity index (χ4v) is 2.90. The van der Waals surface area contributed by atoms with Crippen LogP contribution in [0.3, 0.4) is 0 Å². The van der Waals surface area contributed by atoms with Gasteiger partial charge in [-0.2, -0.15) is 0 Å². The molecule has 134 valence electrons. The summed E-state index contributed by atoms with van der Waals surface area (Å²) < 4.78 is 11.1. The zero-order valence-corrected chi connectivity index (χ0v) is 14.1. The summed E-state index contributed by atoms with van der Waals surface area (Å²) >= 11 is 0. The molecule has 9 nitrogen and oxygen atoms in total. The quantitative estimate of drug-likeness (QED) is 0.783. The van der Waals surface area contributed by atoms with E-state index in [-0.39, 0.29) is 13.0 Å². The van der Waals surface area contributed by atoms with E-state index in [9.17, 15) is 19.5 Å². The molecule has 0 saturated carbocycles. The normalized spacial score (nSPS) is 25.2. The predicted octanol–water partition coefficient (Wildman–Crippen LogP) is 1.25. The molecule has 1 aromatic heterocycles. The number of aromatic nitrogens is 1. The molecule has 2 amide bonds. The summed E-state index contributed by atoms with van der Waals surface area (Å²) in [7, 11) is 0. The highest BCUT2D eigenvalue weighted by Gasteiger charge is 2.57. The van der Waals surface area contributed by atoms with Crippen LogP contribution in [0.15, 0.2) is 18.5 Å². The Bertz CT molecular complexity index is 744. The molecule has 2 N–H and O–H groups in total. The lowest BCUT2D eigenvalue weighted by Gasteiger charge is -2.34. The van der Waals surface area contributed by atoms with Crippen LogP contribution in [0, 0.1) is 0 Å².